The number of fused-ring (bicyclic) bond motifs is 1. The minimum Gasteiger partial charge on any atom is -0.451 e. The van der Waals surface area contributed by atoms with Gasteiger partial charge < -0.3 is 4.42 Å². The molecule has 0 aliphatic rings. The summed E-state index contributed by atoms with van der Waals surface area (Å²) in [6.45, 7) is 1.75. The summed E-state index contributed by atoms with van der Waals surface area (Å²) in [5.74, 6) is -1.72. The molecule has 0 spiro atoms. The topological polar surface area (TPSA) is 71.3 Å². The van der Waals surface area contributed by atoms with Crippen molar-refractivity contribution in [3.05, 3.63) is 70.2 Å². The van der Waals surface area contributed by atoms with Crippen LogP contribution in [0.4, 0.5) is 4.39 Å². The number of rotatable bonds is 2. The highest BCUT2D eigenvalue weighted by molar-refractivity contribution is 6.33. The quantitative estimate of drug-likeness (QED) is 0.696. The third-order valence-corrected chi connectivity index (χ3v) is 3.83. The second kappa shape index (κ2) is 6.33. The molecule has 0 radical (unpaired) electrons. The molecule has 122 valence electrons. The largest absolute Gasteiger partial charge is 0.451 e. The molecule has 3 aromatic rings. The van der Waals surface area contributed by atoms with Gasteiger partial charge in [0.1, 0.15) is 11.4 Å². The van der Waals surface area contributed by atoms with Crippen molar-refractivity contribution in [2.75, 3.05) is 0 Å². The normalized spacial score (nSPS) is 10.6. The van der Waals surface area contributed by atoms with Crippen LogP contribution in [0.15, 0.2) is 46.9 Å². The fourth-order valence-electron chi connectivity index (χ4n) is 2.30. The second-order valence-corrected chi connectivity index (χ2v) is 5.49. The minimum atomic E-state index is -0.665. The van der Waals surface area contributed by atoms with Gasteiger partial charge in [-0.2, -0.15) is 0 Å². The molecular weight excluding hydrogens is 335 g/mol. The molecule has 0 unspecified atom stereocenters. The molecule has 1 aromatic heterocycles. The monoisotopic (exact) mass is 346 g/mol. The summed E-state index contributed by atoms with van der Waals surface area (Å²) in [4.78, 5) is 24.2. The van der Waals surface area contributed by atoms with E-state index in [1.54, 1.807) is 19.1 Å². The molecule has 3 rings (SSSR count). The van der Waals surface area contributed by atoms with Crippen LogP contribution in [0, 0.1) is 12.7 Å². The van der Waals surface area contributed by atoms with Crippen LogP contribution in [0.3, 0.4) is 0 Å². The van der Waals surface area contributed by atoms with Gasteiger partial charge in [-0.15, -0.1) is 0 Å². The molecule has 7 heteroatoms. The van der Waals surface area contributed by atoms with Crippen molar-refractivity contribution in [1.82, 2.24) is 10.9 Å². The Balaban J connectivity index is 1.75. The number of furan rings is 1. The van der Waals surface area contributed by atoms with Gasteiger partial charge in [-0.3, -0.25) is 20.4 Å². The SMILES string of the molecule is Cc1c(C(=O)NNC(=O)c2ccc(F)cc2Cl)oc2ccccc12. The van der Waals surface area contributed by atoms with Crippen molar-refractivity contribution < 1.29 is 18.4 Å². The van der Waals surface area contributed by atoms with Crippen molar-refractivity contribution in [2.24, 2.45) is 0 Å². The third-order valence-electron chi connectivity index (χ3n) is 3.52. The first-order valence-electron chi connectivity index (χ1n) is 7.01. The minimum absolute atomic E-state index is 0.0414. The van der Waals surface area contributed by atoms with Gasteiger partial charge in [0.25, 0.3) is 5.91 Å². The molecule has 2 aromatic carbocycles. The Labute approximate surface area is 141 Å². The number of nitrogens with one attached hydrogen (secondary N) is 2. The van der Waals surface area contributed by atoms with Gasteiger partial charge in [0.2, 0.25) is 0 Å². The van der Waals surface area contributed by atoms with Gasteiger partial charge in [-0.1, -0.05) is 29.8 Å². The molecule has 0 atom stereocenters. The van der Waals surface area contributed by atoms with Crippen LogP contribution in [0.25, 0.3) is 11.0 Å². The first-order chi connectivity index (χ1) is 11.5. The average molecular weight is 347 g/mol. The molecule has 24 heavy (non-hydrogen) atoms. The fraction of sp³-hybridized carbons (Fsp3) is 0.0588. The summed E-state index contributed by atoms with van der Waals surface area (Å²) >= 11 is 5.80. The molecular formula is C17H12ClFN2O3. The smallest absolute Gasteiger partial charge is 0.305 e. The number of halogens is 2. The summed E-state index contributed by atoms with van der Waals surface area (Å²) in [7, 11) is 0. The zero-order chi connectivity index (χ0) is 17.3. The van der Waals surface area contributed by atoms with Crippen LogP contribution in [0.1, 0.15) is 26.5 Å². The van der Waals surface area contributed by atoms with E-state index < -0.39 is 17.6 Å². The van der Waals surface area contributed by atoms with Crippen molar-refractivity contribution >= 4 is 34.4 Å². The maximum Gasteiger partial charge on any atom is 0.305 e. The van der Waals surface area contributed by atoms with E-state index >= 15 is 0 Å². The summed E-state index contributed by atoms with van der Waals surface area (Å²) < 4.78 is 18.5. The number of amides is 2. The van der Waals surface area contributed by atoms with E-state index in [4.69, 9.17) is 16.0 Å². The first kappa shape index (κ1) is 16.0. The predicted octanol–water partition coefficient (Wildman–Crippen LogP) is 3.61. The van der Waals surface area contributed by atoms with E-state index in [0.717, 1.165) is 17.5 Å². The highest BCUT2D eigenvalue weighted by Crippen LogP contribution is 2.24. The number of hydrogen-bond donors (Lipinski definition) is 2. The van der Waals surface area contributed by atoms with E-state index in [9.17, 15) is 14.0 Å². The van der Waals surface area contributed by atoms with Gasteiger partial charge in [0.15, 0.2) is 5.76 Å². The maximum absolute atomic E-state index is 13.0. The molecule has 0 saturated heterocycles. The lowest BCUT2D eigenvalue weighted by atomic mass is 10.1. The number of para-hydroxylation sites is 1. The standard InChI is InChI=1S/C17H12ClFN2O3/c1-9-11-4-2-3-5-14(11)24-15(9)17(23)21-20-16(22)12-7-6-10(19)8-13(12)18/h2-8H,1H3,(H,20,22)(H,21,23). The Morgan fingerprint density at radius 2 is 1.79 bits per heavy atom. The lowest BCUT2D eigenvalue weighted by Gasteiger charge is -2.07. The Morgan fingerprint density at radius 3 is 2.50 bits per heavy atom. The van der Waals surface area contributed by atoms with Gasteiger partial charge in [0, 0.05) is 10.9 Å². The van der Waals surface area contributed by atoms with E-state index in [2.05, 4.69) is 10.9 Å². The second-order valence-electron chi connectivity index (χ2n) is 5.08. The number of hydrazine groups is 1. The number of benzene rings is 2. The lowest BCUT2D eigenvalue weighted by molar-refractivity contribution is 0.0831. The Morgan fingerprint density at radius 1 is 1.08 bits per heavy atom. The molecule has 0 bridgehead atoms. The molecule has 0 aliphatic heterocycles. The number of carbonyl (C=O) groups excluding carboxylic acids is 2. The van der Waals surface area contributed by atoms with E-state index in [1.807, 2.05) is 12.1 Å². The zero-order valence-corrected chi connectivity index (χ0v) is 13.3. The first-order valence-corrected chi connectivity index (χ1v) is 7.39. The van der Waals surface area contributed by atoms with Crippen molar-refractivity contribution in [1.29, 1.82) is 0 Å². The molecule has 1 heterocycles. The molecule has 2 N–H and O–H groups in total. The molecule has 0 aliphatic carbocycles. The van der Waals surface area contributed by atoms with Gasteiger partial charge in [-0.05, 0) is 31.2 Å². The number of carbonyl (C=O) groups is 2. The zero-order valence-electron chi connectivity index (χ0n) is 12.5. The number of hydrogen-bond acceptors (Lipinski definition) is 3. The number of aryl methyl sites for hydroxylation is 1. The van der Waals surface area contributed by atoms with E-state index in [-0.39, 0.29) is 16.3 Å². The van der Waals surface area contributed by atoms with Crippen LogP contribution < -0.4 is 10.9 Å². The molecule has 0 saturated carbocycles. The van der Waals surface area contributed by atoms with Crippen molar-refractivity contribution in [3.63, 3.8) is 0 Å². The van der Waals surface area contributed by atoms with Crippen molar-refractivity contribution in [2.45, 2.75) is 6.92 Å². The molecule has 0 fully saturated rings. The summed E-state index contributed by atoms with van der Waals surface area (Å²) in [5, 5.41) is 0.761. The van der Waals surface area contributed by atoms with Crippen LogP contribution in [-0.4, -0.2) is 11.8 Å². The van der Waals surface area contributed by atoms with Gasteiger partial charge in [-0.25, -0.2) is 4.39 Å². The maximum atomic E-state index is 13.0. The Bertz CT molecular complexity index is 952. The van der Waals surface area contributed by atoms with Crippen LogP contribution >= 0.6 is 11.6 Å². The van der Waals surface area contributed by atoms with E-state index in [0.29, 0.717) is 11.1 Å². The molecule has 5 nitrogen and oxygen atoms in total. The van der Waals surface area contributed by atoms with Crippen molar-refractivity contribution in [3.8, 4) is 0 Å². The van der Waals surface area contributed by atoms with Crippen LogP contribution in [0.2, 0.25) is 5.02 Å². The Hall–Kier alpha value is -2.86. The summed E-state index contributed by atoms with van der Waals surface area (Å²) in [6.07, 6.45) is 0. The van der Waals surface area contributed by atoms with Gasteiger partial charge in [0.05, 0.1) is 10.6 Å². The Kier molecular flexibility index (Phi) is 4.22. The summed E-state index contributed by atoms with van der Waals surface area (Å²) in [5.41, 5.74) is 5.76. The average Bonchev–Trinajstić information content (AvgIpc) is 2.90. The van der Waals surface area contributed by atoms with Gasteiger partial charge >= 0.3 is 5.91 Å². The molecule has 2 amide bonds. The van der Waals surface area contributed by atoms with Crippen LogP contribution in [-0.2, 0) is 0 Å². The predicted molar refractivity (Wildman–Crippen MR) is 87.3 cm³/mol. The summed E-state index contributed by atoms with van der Waals surface area (Å²) in [6, 6.07) is 10.6. The van der Waals surface area contributed by atoms with Crippen LogP contribution in [0.5, 0.6) is 0 Å². The highest BCUT2D eigenvalue weighted by Gasteiger charge is 2.18. The lowest BCUT2D eigenvalue weighted by Crippen LogP contribution is -2.41. The van der Waals surface area contributed by atoms with E-state index in [1.165, 1.54) is 6.07 Å². The highest BCUT2D eigenvalue weighted by atomic mass is 35.5. The third kappa shape index (κ3) is 2.96. The fourth-order valence-corrected chi connectivity index (χ4v) is 2.56.